The third kappa shape index (κ3) is 8.02. The van der Waals surface area contributed by atoms with Gasteiger partial charge in [0, 0.05) is 18.3 Å². The van der Waals surface area contributed by atoms with Gasteiger partial charge in [0.2, 0.25) is 22.7 Å². The number of aromatic hydroxyl groups is 2. The van der Waals surface area contributed by atoms with Crippen molar-refractivity contribution in [3.63, 3.8) is 0 Å². The van der Waals surface area contributed by atoms with Gasteiger partial charge in [-0.15, -0.1) is 11.3 Å². The number of Topliss-reactive ketones (excluding diaryl/α,β-unsaturated/α-hetero) is 1. The number of β-lactam (4-membered cyclic amide) rings is 1. The molecule has 3 aromatic rings. The molecular weight excluding hydrogens is 812 g/mol. The molecule has 3 aliphatic heterocycles. The number of amides is 4. The standard InChI is InChI=1S/C33H35ClN10O11S2/c1-32(2,28(50)51)55-39-23(19-14-56-30(35)38-19)21(46)13-18-26(49)42-15-33(29(52)53,57-27(18)42)43-11-12-44(31(43)54)37-6-8-41-10-9-40(16-41)7-5-36-25(48)17-3-4-20(45)24(47)22(17)34/h3-4,6,9-10,14,16,18,27H,5,7-8,11-13,15H2,1-2H3,(H6-,35,36,38,39,45,46,47,48,50,51,52,53)/p+1/b37-6+/t18-,27-,33-/m1/s1. The fourth-order valence-corrected chi connectivity index (χ4v) is 8.57. The summed E-state index contributed by atoms with van der Waals surface area (Å²) in [5, 5.41) is 51.5. The zero-order valence-corrected chi connectivity index (χ0v) is 32.5. The number of rotatable bonds is 16. The van der Waals surface area contributed by atoms with Crippen LogP contribution >= 0.6 is 34.7 Å². The maximum atomic E-state index is 13.5. The summed E-state index contributed by atoms with van der Waals surface area (Å²) in [6.45, 7) is 3.03. The van der Waals surface area contributed by atoms with Crippen molar-refractivity contribution in [1.82, 2.24) is 29.7 Å². The summed E-state index contributed by atoms with van der Waals surface area (Å²) in [5.74, 6) is -6.44. The van der Waals surface area contributed by atoms with Crippen LogP contribution in [0.1, 0.15) is 36.3 Å². The van der Waals surface area contributed by atoms with E-state index in [1.807, 2.05) is 0 Å². The van der Waals surface area contributed by atoms with Crippen molar-refractivity contribution in [3.05, 3.63) is 52.5 Å². The van der Waals surface area contributed by atoms with E-state index in [1.165, 1.54) is 36.4 Å². The third-order valence-electron chi connectivity index (χ3n) is 9.28. The number of hydrazone groups is 1. The first-order chi connectivity index (χ1) is 26.9. The van der Waals surface area contributed by atoms with Crippen molar-refractivity contribution in [3.8, 4) is 11.5 Å². The lowest BCUT2D eigenvalue weighted by molar-refractivity contribution is -0.680. The second-order valence-corrected chi connectivity index (χ2v) is 16.1. The third-order valence-corrected chi connectivity index (χ3v) is 12.1. The van der Waals surface area contributed by atoms with Gasteiger partial charge in [-0.05, 0) is 26.0 Å². The number of nitrogen functional groups attached to an aromatic ring is 1. The van der Waals surface area contributed by atoms with Gasteiger partial charge >= 0.3 is 18.0 Å². The molecule has 0 radical (unpaired) electrons. The number of carboxylic acids is 2. The van der Waals surface area contributed by atoms with E-state index in [9.17, 15) is 49.2 Å². The monoisotopic (exact) mass is 847 g/mol. The van der Waals surface area contributed by atoms with Crippen LogP contribution in [0.3, 0.4) is 0 Å². The first-order valence-electron chi connectivity index (χ1n) is 17.0. The molecule has 1 aromatic carbocycles. The second-order valence-electron chi connectivity index (χ2n) is 13.5. The van der Waals surface area contributed by atoms with Crippen LogP contribution in [0.15, 0.2) is 46.5 Å². The number of hydrogen-bond acceptors (Lipinski definition) is 15. The SMILES string of the molecule is CC(C)(O/N=C(\C(=O)C[C@@H]1C(=O)N2C[C@@](C(=O)O)(N3CCN(/N=C/C[n+]4ccn(CCNC(=O)c5ccc(O)c(O)c5Cl)c4)C3=O)S[C@H]12)c1csc(N)n1)C(=O)O. The highest BCUT2D eigenvalue weighted by Gasteiger charge is 2.66. The highest BCUT2D eigenvalue weighted by atomic mass is 35.5. The lowest BCUT2D eigenvalue weighted by Gasteiger charge is -2.40. The van der Waals surface area contributed by atoms with Gasteiger partial charge in [0.25, 0.3) is 5.91 Å². The van der Waals surface area contributed by atoms with Crippen LogP contribution in [-0.4, -0.2) is 134 Å². The van der Waals surface area contributed by atoms with E-state index in [-0.39, 0.29) is 59.8 Å². The van der Waals surface area contributed by atoms with Gasteiger partial charge in [-0.25, -0.2) is 33.5 Å². The number of aromatic nitrogens is 3. The van der Waals surface area contributed by atoms with Crippen molar-refractivity contribution in [2.45, 2.75) is 49.2 Å². The Hall–Kier alpha value is -5.94. The van der Waals surface area contributed by atoms with E-state index >= 15 is 0 Å². The number of hydrogen-bond donors (Lipinski definition) is 6. The van der Waals surface area contributed by atoms with E-state index in [0.717, 1.165) is 39.1 Å². The van der Waals surface area contributed by atoms with Crippen molar-refractivity contribution in [2.24, 2.45) is 16.2 Å². The van der Waals surface area contributed by atoms with E-state index in [4.69, 9.17) is 22.2 Å². The topological polar surface area (TPSA) is 287 Å². The van der Waals surface area contributed by atoms with E-state index in [2.05, 4.69) is 20.6 Å². The molecular formula is C33H36ClN10O11S2+. The Labute approximate surface area is 335 Å². The molecule has 0 saturated carbocycles. The van der Waals surface area contributed by atoms with Crippen molar-refractivity contribution in [1.29, 1.82) is 0 Å². The number of ketones is 1. The molecule has 2 aromatic heterocycles. The Morgan fingerprint density at radius 3 is 2.65 bits per heavy atom. The molecule has 0 aliphatic carbocycles. The van der Waals surface area contributed by atoms with Crippen molar-refractivity contribution < 1.29 is 58.6 Å². The molecule has 6 rings (SSSR count). The van der Waals surface area contributed by atoms with Crippen molar-refractivity contribution in [2.75, 3.05) is 31.9 Å². The van der Waals surface area contributed by atoms with Gasteiger partial charge in [0.15, 0.2) is 28.1 Å². The van der Waals surface area contributed by atoms with E-state index in [0.29, 0.717) is 6.54 Å². The minimum absolute atomic E-state index is 0.00245. The summed E-state index contributed by atoms with van der Waals surface area (Å²) in [6, 6.07) is 1.77. The van der Waals surface area contributed by atoms with Gasteiger partial charge in [-0.2, -0.15) is 5.10 Å². The molecule has 3 aliphatic rings. The molecule has 0 unspecified atom stereocenters. The number of oxime groups is 1. The Bertz CT molecular complexity index is 2210. The van der Waals surface area contributed by atoms with Crippen LogP contribution in [0.5, 0.6) is 11.5 Å². The maximum Gasteiger partial charge on any atom is 0.350 e. The van der Waals surface area contributed by atoms with Gasteiger partial charge < -0.3 is 41.2 Å². The number of nitrogens with zero attached hydrogens (tertiary/aromatic N) is 8. The number of urea groups is 1. The highest BCUT2D eigenvalue weighted by molar-refractivity contribution is 8.02. The zero-order valence-electron chi connectivity index (χ0n) is 30.1. The van der Waals surface area contributed by atoms with Crippen LogP contribution < -0.4 is 15.6 Å². The number of phenols is 2. The highest BCUT2D eigenvalue weighted by Crippen LogP contribution is 2.53. The van der Waals surface area contributed by atoms with Gasteiger partial charge in [-0.3, -0.25) is 19.3 Å². The first kappa shape index (κ1) is 40.7. The average molecular weight is 848 g/mol. The Morgan fingerprint density at radius 2 is 1.96 bits per heavy atom. The predicted molar refractivity (Wildman–Crippen MR) is 201 cm³/mol. The number of fused-ring (bicyclic) bond motifs is 1. The summed E-state index contributed by atoms with van der Waals surface area (Å²) in [4.78, 5) is 87.0. The summed E-state index contributed by atoms with van der Waals surface area (Å²) in [7, 11) is 0. The molecule has 57 heavy (non-hydrogen) atoms. The average Bonchev–Trinajstić information content (AvgIpc) is 3.96. The number of aliphatic carboxylic acids is 2. The maximum absolute atomic E-state index is 13.5. The molecule has 4 amide bonds. The molecule has 0 spiro atoms. The number of carbonyl (C=O) groups is 6. The normalized spacial score (nSPS) is 20.9. The number of carbonyl (C=O) groups excluding carboxylic acids is 4. The fraction of sp³-hybridized carbons (Fsp3) is 0.394. The molecule has 21 nitrogen and oxygen atoms in total. The Kier molecular flexibility index (Phi) is 11.4. The second kappa shape index (κ2) is 15.9. The number of benzene rings is 1. The summed E-state index contributed by atoms with van der Waals surface area (Å²) < 4.78 is 3.53. The van der Waals surface area contributed by atoms with Crippen molar-refractivity contribution >= 4 is 87.3 Å². The number of halogens is 1. The minimum atomic E-state index is -1.86. The molecule has 3 atom stereocenters. The molecule has 5 heterocycles. The number of thiazole rings is 1. The molecule has 7 N–H and O–H groups in total. The number of imidazole rings is 1. The summed E-state index contributed by atoms with van der Waals surface area (Å²) in [6.07, 6.45) is 6.27. The Morgan fingerprint density at radius 1 is 1.21 bits per heavy atom. The molecule has 3 fully saturated rings. The predicted octanol–water partition coefficient (Wildman–Crippen LogP) is 0.588. The lowest BCUT2D eigenvalue weighted by Crippen LogP contribution is -2.59. The van der Waals surface area contributed by atoms with E-state index in [1.54, 1.807) is 27.9 Å². The van der Waals surface area contributed by atoms with Gasteiger partial charge in [0.1, 0.15) is 31.2 Å². The van der Waals surface area contributed by atoms with Crippen LogP contribution in [-0.2, 0) is 37.1 Å². The van der Waals surface area contributed by atoms with Crippen LogP contribution in [0.2, 0.25) is 5.02 Å². The zero-order chi connectivity index (χ0) is 41.4. The van der Waals surface area contributed by atoms with Crippen LogP contribution in [0.4, 0.5) is 9.93 Å². The van der Waals surface area contributed by atoms with Crippen LogP contribution in [0, 0.1) is 5.92 Å². The molecule has 302 valence electrons. The first-order valence-corrected chi connectivity index (χ1v) is 19.2. The van der Waals surface area contributed by atoms with Gasteiger partial charge in [-0.1, -0.05) is 28.5 Å². The fourth-order valence-electron chi connectivity index (χ4n) is 6.08. The number of carboxylic acid groups (broad SMARTS) is 2. The smallest absolute Gasteiger partial charge is 0.350 e. The number of phenolic OH excluding ortho intramolecular Hbond substituents is 2. The van der Waals surface area contributed by atoms with Crippen LogP contribution in [0.25, 0.3) is 0 Å². The number of nitrogens with two attached hydrogens (primary N) is 1. The minimum Gasteiger partial charge on any atom is -0.504 e. The summed E-state index contributed by atoms with van der Waals surface area (Å²) >= 11 is 7.84. The number of nitrogens with one attached hydrogen (secondary N) is 1. The number of anilines is 1. The molecule has 24 heteroatoms. The van der Waals surface area contributed by atoms with Gasteiger partial charge in [0.05, 0.1) is 47.7 Å². The van der Waals surface area contributed by atoms with E-state index < -0.39 is 75.3 Å². The Balaban J connectivity index is 1.04. The molecule has 3 saturated heterocycles. The number of thioether (sulfide) groups is 1. The quantitative estimate of drug-likeness (QED) is 0.0378. The molecule has 0 bridgehead atoms. The lowest BCUT2D eigenvalue weighted by atomic mass is 9.90. The summed E-state index contributed by atoms with van der Waals surface area (Å²) in [5.41, 5.74) is 3.61. The largest absolute Gasteiger partial charge is 0.504 e.